The summed E-state index contributed by atoms with van der Waals surface area (Å²) < 4.78 is 55.5. The molecular weight excluding hydrogens is 434 g/mol. The van der Waals surface area contributed by atoms with E-state index in [1.54, 1.807) is 0 Å². The molecule has 2 aromatic rings. The lowest BCUT2D eigenvalue weighted by Gasteiger charge is -2.08. The van der Waals surface area contributed by atoms with Crippen LogP contribution in [0.5, 0.6) is 5.75 Å². The molecule has 150 valence electrons. The van der Waals surface area contributed by atoms with Gasteiger partial charge in [-0.3, -0.25) is 9.35 Å². The van der Waals surface area contributed by atoms with Gasteiger partial charge in [0.1, 0.15) is 17.1 Å². The Balaban J connectivity index is 2.61. The molecule has 0 aliphatic carbocycles. The number of halogens is 1. The Labute approximate surface area is 165 Å². The highest BCUT2D eigenvalue weighted by atomic mass is 35.5. The van der Waals surface area contributed by atoms with E-state index in [4.69, 9.17) is 16.2 Å². The van der Waals surface area contributed by atoms with Crippen LogP contribution in [0.4, 0.5) is 17.1 Å². The summed E-state index contributed by atoms with van der Waals surface area (Å²) in [7, 11) is -8.56. The van der Waals surface area contributed by atoms with Crippen molar-refractivity contribution in [1.82, 2.24) is 0 Å². The van der Waals surface area contributed by atoms with Crippen molar-refractivity contribution in [1.29, 1.82) is 0 Å². The number of rotatable bonds is 5. The van der Waals surface area contributed by atoms with Crippen molar-refractivity contribution >= 4 is 54.5 Å². The summed E-state index contributed by atoms with van der Waals surface area (Å²) in [4.78, 5) is 10.2. The van der Waals surface area contributed by atoms with Crippen LogP contribution in [0.25, 0.3) is 0 Å². The van der Waals surface area contributed by atoms with E-state index in [-0.39, 0.29) is 27.8 Å². The number of nitrogens with zero attached hydrogens (tertiary/aromatic N) is 2. The van der Waals surface area contributed by atoms with Crippen LogP contribution in [0.3, 0.4) is 0 Å². The van der Waals surface area contributed by atoms with E-state index in [0.29, 0.717) is 0 Å². The Morgan fingerprint density at radius 3 is 2.21 bits per heavy atom. The summed E-state index contributed by atoms with van der Waals surface area (Å²) in [6.45, 7) is 1.22. The molecule has 3 N–H and O–H groups in total. The van der Waals surface area contributed by atoms with Gasteiger partial charge < -0.3 is 10.4 Å². The van der Waals surface area contributed by atoms with Gasteiger partial charge in [0.2, 0.25) is 5.91 Å². The number of sulfone groups is 1. The number of aromatic hydroxyl groups is 1. The minimum Gasteiger partial charge on any atom is -0.506 e. The van der Waals surface area contributed by atoms with E-state index in [1.165, 1.54) is 13.0 Å². The first-order valence-corrected chi connectivity index (χ1v) is 11.0. The molecule has 0 unspecified atom stereocenters. The first kappa shape index (κ1) is 21.8. The van der Waals surface area contributed by atoms with E-state index in [9.17, 15) is 26.7 Å². The van der Waals surface area contributed by atoms with Gasteiger partial charge in [0, 0.05) is 19.2 Å². The van der Waals surface area contributed by atoms with Gasteiger partial charge in [-0.2, -0.15) is 8.42 Å². The normalized spacial score (nSPS) is 12.3. The molecule has 2 aromatic carbocycles. The zero-order valence-electron chi connectivity index (χ0n) is 14.4. The highest BCUT2D eigenvalue weighted by Crippen LogP contribution is 2.37. The quantitative estimate of drug-likeness (QED) is 0.468. The topological polar surface area (TPSA) is 163 Å². The molecule has 0 radical (unpaired) electrons. The first-order valence-electron chi connectivity index (χ1n) is 7.32. The molecule has 0 atom stereocenters. The fourth-order valence-electron chi connectivity index (χ4n) is 2.07. The fraction of sp³-hybridized carbons (Fsp3) is 0.133. The van der Waals surface area contributed by atoms with Crippen LogP contribution in [0.2, 0.25) is 5.02 Å². The summed E-state index contributed by atoms with van der Waals surface area (Å²) >= 11 is 5.82. The number of hydrogen-bond acceptors (Lipinski definition) is 8. The van der Waals surface area contributed by atoms with Crippen molar-refractivity contribution in [3.8, 4) is 5.75 Å². The van der Waals surface area contributed by atoms with Gasteiger partial charge >= 0.3 is 0 Å². The zero-order chi connectivity index (χ0) is 21.3. The van der Waals surface area contributed by atoms with E-state index in [1.807, 2.05) is 0 Å². The van der Waals surface area contributed by atoms with Gasteiger partial charge in [-0.1, -0.05) is 11.6 Å². The van der Waals surface area contributed by atoms with E-state index in [2.05, 4.69) is 15.5 Å². The lowest BCUT2D eigenvalue weighted by atomic mass is 10.2. The van der Waals surface area contributed by atoms with Crippen molar-refractivity contribution < 1.29 is 31.3 Å². The highest BCUT2D eigenvalue weighted by Gasteiger charge is 2.19. The maximum atomic E-state index is 12.0. The molecule has 0 bridgehead atoms. The molecule has 0 aromatic heterocycles. The Morgan fingerprint density at radius 1 is 1.07 bits per heavy atom. The third-order valence-corrected chi connectivity index (χ3v) is 5.55. The zero-order valence-corrected chi connectivity index (χ0v) is 16.8. The molecule has 28 heavy (non-hydrogen) atoms. The Bertz CT molecular complexity index is 1190. The van der Waals surface area contributed by atoms with E-state index >= 15 is 0 Å². The number of hydrogen-bond donors (Lipinski definition) is 3. The third-order valence-electron chi connectivity index (χ3n) is 3.27. The van der Waals surface area contributed by atoms with Crippen LogP contribution in [0, 0.1) is 0 Å². The van der Waals surface area contributed by atoms with Crippen LogP contribution in [-0.2, 0) is 24.7 Å². The monoisotopic (exact) mass is 447 g/mol. The van der Waals surface area contributed by atoms with Crippen molar-refractivity contribution in [3.63, 3.8) is 0 Å². The molecule has 2 rings (SSSR count). The number of benzene rings is 2. The standard InChI is InChI=1S/C15H14ClN3O7S2/c1-8(20)17-12-7-14(21)10(16)6-13(12)19-18-11-4-3-9(28(24,25)26)5-15(11)27(2,22)23/h3-7,21H,1-2H3,(H,17,20)(H,24,25,26). The maximum absolute atomic E-state index is 12.0. The minimum absolute atomic E-state index is 0.0105. The number of carbonyl (C=O) groups excluding carboxylic acids is 1. The number of carbonyl (C=O) groups is 1. The number of nitrogens with one attached hydrogen (secondary N) is 1. The van der Waals surface area contributed by atoms with Crippen molar-refractivity contribution in [2.24, 2.45) is 10.2 Å². The average molecular weight is 448 g/mol. The van der Waals surface area contributed by atoms with Crippen LogP contribution in [0.1, 0.15) is 6.92 Å². The molecule has 0 heterocycles. The number of phenolic OH excluding ortho intramolecular Hbond substituents is 1. The molecule has 0 fully saturated rings. The Kier molecular flexibility index (Phi) is 6.09. The molecule has 1 amide bonds. The van der Waals surface area contributed by atoms with Gasteiger partial charge in [-0.05, 0) is 24.3 Å². The molecule has 13 heteroatoms. The molecule has 0 saturated heterocycles. The Morgan fingerprint density at radius 2 is 1.68 bits per heavy atom. The summed E-state index contributed by atoms with van der Waals surface area (Å²) in [5, 5.41) is 19.6. The van der Waals surface area contributed by atoms with Gasteiger partial charge in [0.05, 0.1) is 20.5 Å². The van der Waals surface area contributed by atoms with Crippen molar-refractivity contribution in [2.45, 2.75) is 16.7 Å². The molecule has 0 spiro atoms. The van der Waals surface area contributed by atoms with Crippen LogP contribution < -0.4 is 5.32 Å². The summed E-state index contributed by atoms with van der Waals surface area (Å²) in [6, 6.07) is 5.08. The average Bonchev–Trinajstić information content (AvgIpc) is 2.54. The van der Waals surface area contributed by atoms with Gasteiger partial charge in [0.25, 0.3) is 10.1 Å². The molecular formula is C15H14ClN3O7S2. The fourth-order valence-corrected chi connectivity index (χ4v) is 3.64. The lowest BCUT2D eigenvalue weighted by molar-refractivity contribution is -0.114. The SMILES string of the molecule is CC(=O)Nc1cc(O)c(Cl)cc1N=Nc1ccc(S(=O)(=O)O)cc1S(C)(=O)=O. The Hall–Kier alpha value is -2.54. The number of azo groups is 1. The van der Waals surface area contributed by atoms with Crippen LogP contribution in [0.15, 0.2) is 50.4 Å². The predicted octanol–water partition coefficient (Wildman–Crippen LogP) is 3.07. The first-order chi connectivity index (χ1) is 12.8. The van der Waals surface area contributed by atoms with Gasteiger partial charge in [0.15, 0.2) is 9.84 Å². The summed E-state index contributed by atoms with van der Waals surface area (Å²) in [5.41, 5.74) is -0.141. The van der Waals surface area contributed by atoms with E-state index in [0.717, 1.165) is 30.5 Å². The summed E-state index contributed by atoms with van der Waals surface area (Å²) in [6.07, 6.45) is 0.829. The second-order valence-electron chi connectivity index (χ2n) is 5.58. The van der Waals surface area contributed by atoms with Crippen LogP contribution in [-0.4, -0.2) is 38.7 Å². The second-order valence-corrected chi connectivity index (χ2v) is 9.39. The van der Waals surface area contributed by atoms with Crippen molar-refractivity contribution in [3.05, 3.63) is 35.4 Å². The number of anilines is 1. The predicted molar refractivity (Wildman–Crippen MR) is 101 cm³/mol. The second kappa shape index (κ2) is 7.83. The molecule has 0 aliphatic rings. The largest absolute Gasteiger partial charge is 0.506 e. The van der Waals surface area contributed by atoms with Gasteiger partial charge in [-0.25, -0.2) is 8.42 Å². The molecule has 0 aliphatic heterocycles. The number of amides is 1. The van der Waals surface area contributed by atoms with Gasteiger partial charge in [-0.15, -0.1) is 10.2 Å². The van der Waals surface area contributed by atoms with Crippen LogP contribution >= 0.6 is 11.6 Å². The van der Waals surface area contributed by atoms with E-state index < -0.39 is 35.7 Å². The summed E-state index contributed by atoms with van der Waals surface area (Å²) in [5.74, 6) is -0.786. The smallest absolute Gasteiger partial charge is 0.294 e. The maximum Gasteiger partial charge on any atom is 0.294 e. The lowest BCUT2D eigenvalue weighted by Crippen LogP contribution is -2.05. The molecule has 10 nitrogen and oxygen atoms in total. The highest BCUT2D eigenvalue weighted by molar-refractivity contribution is 7.91. The van der Waals surface area contributed by atoms with Crippen molar-refractivity contribution in [2.75, 3.05) is 11.6 Å². The molecule has 0 saturated carbocycles. The number of phenols is 1. The minimum atomic E-state index is -4.63. The third kappa shape index (κ3) is 5.25.